The number of carbonyl (C=O) groups is 1. The Bertz CT molecular complexity index is 1830. The summed E-state index contributed by atoms with van der Waals surface area (Å²) in [6.07, 6.45) is 1.03. The lowest BCUT2D eigenvalue weighted by Gasteiger charge is -2.27. The Hall–Kier alpha value is -4.73. The van der Waals surface area contributed by atoms with Crippen LogP contribution >= 0.6 is 11.3 Å². The lowest BCUT2D eigenvalue weighted by atomic mass is 10.1. The zero-order valence-electron chi connectivity index (χ0n) is 21.4. The molecule has 4 heterocycles. The maximum Gasteiger partial charge on any atom is 0.365 e. The van der Waals surface area contributed by atoms with E-state index in [-0.39, 0.29) is 41.3 Å². The van der Waals surface area contributed by atoms with Crippen molar-refractivity contribution in [1.82, 2.24) is 19.5 Å². The van der Waals surface area contributed by atoms with Crippen LogP contribution in [0.15, 0.2) is 54.6 Å². The number of benzene rings is 2. The van der Waals surface area contributed by atoms with E-state index >= 15 is 4.39 Å². The third-order valence-electron chi connectivity index (χ3n) is 6.71. The van der Waals surface area contributed by atoms with E-state index in [9.17, 15) is 14.3 Å². The van der Waals surface area contributed by atoms with Crippen molar-refractivity contribution in [2.24, 2.45) is 0 Å². The number of carboxylic acids is 1. The van der Waals surface area contributed by atoms with E-state index in [2.05, 4.69) is 19.8 Å². The van der Waals surface area contributed by atoms with Crippen molar-refractivity contribution in [2.75, 3.05) is 6.61 Å². The summed E-state index contributed by atoms with van der Waals surface area (Å²) in [5.74, 6) is -1.29. The van der Waals surface area contributed by atoms with Crippen LogP contribution in [-0.2, 0) is 24.3 Å². The molecule has 1 saturated heterocycles. The molecule has 3 aromatic heterocycles. The summed E-state index contributed by atoms with van der Waals surface area (Å²) >= 11 is 0.984. The highest BCUT2D eigenvalue weighted by atomic mass is 32.1. The summed E-state index contributed by atoms with van der Waals surface area (Å²) in [6, 6.07) is 14.0. The van der Waals surface area contributed by atoms with Gasteiger partial charge >= 0.3 is 5.97 Å². The molecule has 1 fully saturated rings. The smallest absolute Gasteiger partial charge is 0.365 e. The van der Waals surface area contributed by atoms with Gasteiger partial charge in [0, 0.05) is 30.2 Å². The molecule has 2 aromatic carbocycles. The van der Waals surface area contributed by atoms with Gasteiger partial charge in [0.1, 0.15) is 24.1 Å². The highest BCUT2D eigenvalue weighted by Crippen LogP contribution is 2.29. The van der Waals surface area contributed by atoms with Gasteiger partial charge < -0.3 is 19.1 Å². The van der Waals surface area contributed by atoms with Gasteiger partial charge in [-0.15, -0.1) is 0 Å². The molecule has 0 unspecified atom stereocenters. The summed E-state index contributed by atoms with van der Waals surface area (Å²) in [5.41, 5.74) is 2.37. The number of halogens is 2. The van der Waals surface area contributed by atoms with E-state index in [1.54, 1.807) is 30.3 Å². The largest absolute Gasteiger partial charge is 0.476 e. The van der Waals surface area contributed by atoms with Crippen LogP contribution in [-0.4, -0.2) is 43.3 Å². The average molecular weight is 574 g/mol. The molecule has 0 radical (unpaired) electrons. The second-order valence-electron chi connectivity index (χ2n) is 9.39. The molecular weight excluding hydrogens is 552 g/mol. The maximum absolute atomic E-state index is 15.3. The fourth-order valence-electron chi connectivity index (χ4n) is 4.45. The van der Waals surface area contributed by atoms with Crippen molar-refractivity contribution in [2.45, 2.75) is 32.1 Å². The SMILES string of the molecule is [C-]#[N+]c1ccc(COc2cccc(-c3ccc(Cc4nc5sc(C(=O)O)nc5n4C[C@@H]4CCO4)c(F)c3)n2)c(F)c1. The number of hydrogen-bond donors (Lipinski definition) is 1. The fourth-order valence-corrected chi connectivity index (χ4v) is 5.25. The number of hydrogen-bond acceptors (Lipinski definition) is 7. The van der Waals surface area contributed by atoms with Gasteiger partial charge in [-0.05, 0) is 30.2 Å². The van der Waals surface area contributed by atoms with E-state index in [1.165, 1.54) is 18.2 Å². The van der Waals surface area contributed by atoms with E-state index in [0.29, 0.717) is 46.3 Å². The second-order valence-corrected chi connectivity index (χ2v) is 10.4. The summed E-state index contributed by atoms with van der Waals surface area (Å²) in [7, 11) is 0. The number of imidazole rings is 1. The Morgan fingerprint density at radius 3 is 2.63 bits per heavy atom. The van der Waals surface area contributed by atoms with Crippen molar-refractivity contribution < 1.29 is 28.2 Å². The Labute approximate surface area is 236 Å². The first kappa shape index (κ1) is 26.5. The van der Waals surface area contributed by atoms with E-state index in [4.69, 9.17) is 16.0 Å². The number of aromatic carboxylic acids is 1. The number of thiazole rings is 1. The third kappa shape index (κ3) is 5.50. The maximum atomic E-state index is 15.3. The first-order valence-electron chi connectivity index (χ1n) is 12.6. The van der Waals surface area contributed by atoms with Crippen LogP contribution in [0.25, 0.3) is 26.6 Å². The molecule has 0 bridgehead atoms. The molecule has 0 spiro atoms. The molecule has 41 heavy (non-hydrogen) atoms. The van der Waals surface area contributed by atoms with E-state index in [1.807, 2.05) is 4.57 Å². The molecule has 0 amide bonds. The van der Waals surface area contributed by atoms with Crippen LogP contribution in [0.4, 0.5) is 14.5 Å². The Morgan fingerprint density at radius 2 is 1.93 bits per heavy atom. The fraction of sp³-hybridized carbons (Fsp3) is 0.207. The number of fused-ring (bicyclic) bond motifs is 1. The molecule has 1 atom stereocenters. The Morgan fingerprint density at radius 1 is 1.12 bits per heavy atom. The van der Waals surface area contributed by atoms with Crippen LogP contribution in [0.3, 0.4) is 0 Å². The Balaban J connectivity index is 1.21. The minimum atomic E-state index is -1.12. The monoisotopic (exact) mass is 573 g/mol. The lowest BCUT2D eigenvalue weighted by Crippen LogP contribution is -2.31. The van der Waals surface area contributed by atoms with Gasteiger partial charge in [-0.2, -0.15) is 0 Å². The number of carboxylic acid groups (broad SMARTS) is 1. The van der Waals surface area contributed by atoms with Gasteiger partial charge in [0.25, 0.3) is 0 Å². The summed E-state index contributed by atoms with van der Waals surface area (Å²) in [5, 5.41) is 9.28. The molecule has 206 valence electrons. The van der Waals surface area contributed by atoms with Gasteiger partial charge in [-0.3, -0.25) is 0 Å². The van der Waals surface area contributed by atoms with E-state index in [0.717, 1.165) is 23.8 Å². The predicted octanol–water partition coefficient (Wildman–Crippen LogP) is 6.04. The van der Waals surface area contributed by atoms with Crippen LogP contribution in [0.2, 0.25) is 0 Å². The van der Waals surface area contributed by atoms with Crippen molar-refractivity contribution in [1.29, 1.82) is 0 Å². The summed E-state index contributed by atoms with van der Waals surface area (Å²) in [6.45, 7) is 8.02. The highest BCUT2D eigenvalue weighted by molar-refractivity contribution is 7.19. The zero-order valence-corrected chi connectivity index (χ0v) is 22.2. The molecule has 5 aromatic rings. The number of ether oxygens (including phenoxy) is 2. The van der Waals surface area contributed by atoms with Gasteiger partial charge in [0.2, 0.25) is 10.9 Å². The van der Waals surface area contributed by atoms with Crippen molar-refractivity contribution in [3.05, 3.63) is 99.6 Å². The van der Waals surface area contributed by atoms with Crippen molar-refractivity contribution >= 4 is 33.5 Å². The minimum Gasteiger partial charge on any atom is -0.476 e. The standard InChI is InChI=1S/C29H21F2N5O4S/c1-32-19-8-7-18(22(31)13-19)15-40-25-4-2-3-23(33-25)17-6-5-16(21(30)11-17)12-24-34-27-26(35-28(41-27)29(37)38)36(24)14-20-9-10-39-20/h2-8,11,13,20H,9-10,12,14-15H2,(H,37,38)/t20-/m0/s1. The summed E-state index contributed by atoms with van der Waals surface area (Å²) in [4.78, 5) is 28.3. The molecule has 0 saturated carbocycles. The van der Waals surface area contributed by atoms with Gasteiger partial charge in [-0.1, -0.05) is 41.7 Å². The predicted molar refractivity (Wildman–Crippen MR) is 146 cm³/mol. The molecule has 1 aliphatic heterocycles. The van der Waals surface area contributed by atoms with Crippen molar-refractivity contribution in [3.8, 4) is 17.1 Å². The first-order chi connectivity index (χ1) is 19.9. The highest BCUT2D eigenvalue weighted by Gasteiger charge is 2.25. The van der Waals surface area contributed by atoms with Crippen molar-refractivity contribution in [3.63, 3.8) is 0 Å². The molecular formula is C29H21F2N5O4S. The van der Waals surface area contributed by atoms with Gasteiger partial charge in [-0.25, -0.2) is 33.4 Å². The minimum absolute atomic E-state index is 0.0245. The Kier molecular flexibility index (Phi) is 7.13. The third-order valence-corrected chi connectivity index (χ3v) is 7.64. The molecule has 6 rings (SSSR count). The summed E-state index contributed by atoms with van der Waals surface area (Å²) < 4.78 is 42.6. The number of pyridine rings is 1. The average Bonchev–Trinajstić information content (AvgIpc) is 3.49. The molecule has 9 nitrogen and oxygen atoms in total. The molecule has 1 aliphatic rings. The van der Waals surface area contributed by atoms with Crippen LogP contribution in [0, 0.1) is 18.2 Å². The van der Waals surface area contributed by atoms with Gasteiger partial charge in [0.05, 0.1) is 24.9 Å². The topological polar surface area (TPSA) is 104 Å². The van der Waals surface area contributed by atoms with Crippen LogP contribution in [0.5, 0.6) is 5.88 Å². The molecule has 12 heteroatoms. The van der Waals surface area contributed by atoms with Crippen LogP contribution in [0.1, 0.15) is 33.2 Å². The quantitative estimate of drug-likeness (QED) is 0.215. The number of rotatable bonds is 9. The number of aromatic nitrogens is 4. The number of nitrogens with zero attached hydrogens (tertiary/aromatic N) is 5. The second kappa shape index (κ2) is 11.0. The molecule has 0 aliphatic carbocycles. The van der Waals surface area contributed by atoms with Gasteiger partial charge in [0.15, 0.2) is 16.2 Å². The van der Waals surface area contributed by atoms with E-state index < -0.39 is 17.6 Å². The first-order valence-corrected chi connectivity index (χ1v) is 13.4. The normalized spacial score (nSPS) is 14.5. The lowest BCUT2D eigenvalue weighted by molar-refractivity contribution is -0.0590. The zero-order chi connectivity index (χ0) is 28.5. The van der Waals surface area contributed by atoms with Crippen LogP contribution < -0.4 is 4.74 Å². The molecule has 1 N–H and O–H groups in total.